The lowest BCUT2D eigenvalue weighted by Gasteiger charge is -2.61. The van der Waals surface area contributed by atoms with E-state index in [1.54, 1.807) is 0 Å². The van der Waals surface area contributed by atoms with Crippen molar-refractivity contribution in [3.05, 3.63) is 0 Å². The normalized spacial score (nSPS) is 36.7. The molecule has 4 heteroatoms. The molecule has 4 fully saturated rings. The van der Waals surface area contributed by atoms with E-state index in [1.807, 2.05) is 0 Å². The van der Waals surface area contributed by atoms with E-state index in [0.29, 0.717) is 0 Å². The lowest BCUT2D eigenvalue weighted by Crippen LogP contribution is -2.64. The van der Waals surface area contributed by atoms with Gasteiger partial charge in [0.25, 0.3) is 0 Å². The van der Waals surface area contributed by atoms with Crippen molar-refractivity contribution in [2.75, 3.05) is 0 Å². The topological polar surface area (TPSA) is 27.7 Å². The standard InChI is InChI=1S/C19H36O3Si/c1-13(2)20-23(21-14(3)4,22-15(5)6)19-10-16-7-17(11-19)9-18(8-16)12-19/h13-18H,7-12H2,1-6H3. The van der Waals surface area contributed by atoms with Crippen LogP contribution in [0.1, 0.15) is 80.1 Å². The maximum Gasteiger partial charge on any atom is 0.508 e. The van der Waals surface area contributed by atoms with Gasteiger partial charge >= 0.3 is 8.80 Å². The highest BCUT2D eigenvalue weighted by Gasteiger charge is 2.68. The van der Waals surface area contributed by atoms with Crippen molar-refractivity contribution in [1.29, 1.82) is 0 Å². The summed E-state index contributed by atoms with van der Waals surface area (Å²) in [7, 11) is -2.74. The third kappa shape index (κ3) is 3.42. The second kappa shape index (κ2) is 6.43. The fraction of sp³-hybridized carbons (Fsp3) is 1.00. The lowest BCUT2D eigenvalue weighted by atomic mass is 9.56. The van der Waals surface area contributed by atoms with Crippen LogP contribution in [0.2, 0.25) is 5.04 Å². The van der Waals surface area contributed by atoms with E-state index in [0.717, 1.165) is 17.8 Å². The summed E-state index contributed by atoms with van der Waals surface area (Å²) in [6.07, 6.45) is 8.62. The fourth-order valence-corrected chi connectivity index (χ4v) is 10.3. The van der Waals surface area contributed by atoms with E-state index in [1.165, 1.54) is 38.5 Å². The first-order valence-corrected chi connectivity index (χ1v) is 11.5. The molecular weight excluding hydrogens is 304 g/mol. The minimum Gasteiger partial charge on any atom is -0.371 e. The molecule has 134 valence electrons. The summed E-state index contributed by atoms with van der Waals surface area (Å²) in [5.74, 6) is 2.65. The predicted octanol–water partition coefficient (Wildman–Crippen LogP) is 5.17. The number of hydrogen-bond donors (Lipinski definition) is 0. The largest absolute Gasteiger partial charge is 0.508 e. The summed E-state index contributed by atoms with van der Waals surface area (Å²) in [6.45, 7) is 12.8. The van der Waals surface area contributed by atoms with Gasteiger partial charge in [0.1, 0.15) is 0 Å². The van der Waals surface area contributed by atoms with Gasteiger partial charge in [-0.1, -0.05) is 0 Å². The minimum absolute atomic E-state index is 0.159. The van der Waals surface area contributed by atoms with Crippen molar-refractivity contribution in [1.82, 2.24) is 0 Å². The molecule has 0 aromatic heterocycles. The SMILES string of the molecule is CC(C)O[Si](OC(C)C)(OC(C)C)C12CC3CC(CC(C3)C1)C2. The van der Waals surface area contributed by atoms with Gasteiger partial charge in [-0.3, -0.25) is 0 Å². The summed E-state index contributed by atoms with van der Waals surface area (Å²) in [5.41, 5.74) is 0. The van der Waals surface area contributed by atoms with E-state index >= 15 is 0 Å². The van der Waals surface area contributed by atoms with Gasteiger partial charge in [0.05, 0.1) is 0 Å². The van der Waals surface area contributed by atoms with Crippen molar-refractivity contribution in [2.24, 2.45) is 17.8 Å². The van der Waals surface area contributed by atoms with Crippen LogP contribution >= 0.6 is 0 Å². The Labute approximate surface area is 143 Å². The monoisotopic (exact) mass is 340 g/mol. The van der Waals surface area contributed by atoms with Crippen LogP contribution in [0.25, 0.3) is 0 Å². The van der Waals surface area contributed by atoms with Crippen LogP contribution in [-0.2, 0) is 13.3 Å². The third-order valence-electron chi connectivity index (χ3n) is 5.86. The maximum absolute atomic E-state index is 6.64. The Bertz CT molecular complexity index is 357. The molecule has 4 rings (SSSR count). The molecule has 0 unspecified atom stereocenters. The molecule has 0 aromatic carbocycles. The molecule has 0 N–H and O–H groups in total. The minimum atomic E-state index is -2.74. The van der Waals surface area contributed by atoms with E-state index in [-0.39, 0.29) is 23.4 Å². The van der Waals surface area contributed by atoms with E-state index < -0.39 is 8.80 Å². The number of hydrogen-bond acceptors (Lipinski definition) is 3. The fourth-order valence-electron chi connectivity index (χ4n) is 5.87. The maximum atomic E-state index is 6.64. The van der Waals surface area contributed by atoms with Crippen LogP contribution in [-0.4, -0.2) is 27.1 Å². The molecule has 0 radical (unpaired) electrons. The Balaban J connectivity index is 1.98. The second-order valence-electron chi connectivity index (χ2n) is 9.25. The van der Waals surface area contributed by atoms with Gasteiger partial charge in [0, 0.05) is 23.4 Å². The quantitative estimate of drug-likeness (QED) is 0.598. The first-order valence-electron chi connectivity index (χ1n) is 9.77. The Morgan fingerprint density at radius 3 is 1.22 bits per heavy atom. The van der Waals surface area contributed by atoms with Gasteiger partial charge in [0.15, 0.2) is 0 Å². The lowest BCUT2D eigenvalue weighted by molar-refractivity contribution is -0.0676. The molecule has 0 spiro atoms. The van der Waals surface area contributed by atoms with Gasteiger partial charge < -0.3 is 13.3 Å². The van der Waals surface area contributed by atoms with Crippen molar-refractivity contribution in [3.8, 4) is 0 Å². The highest BCUT2D eigenvalue weighted by atomic mass is 28.4. The Morgan fingerprint density at radius 2 is 0.957 bits per heavy atom. The third-order valence-corrected chi connectivity index (χ3v) is 10.1. The zero-order valence-electron chi connectivity index (χ0n) is 15.9. The summed E-state index contributed by atoms with van der Waals surface area (Å²) >= 11 is 0. The van der Waals surface area contributed by atoms with Gasteiger partial charge in [0.2, 0.25) is 0 Å². The zero-order chi connectivity index (χ0) is 16.8. The molecule has 0 saturated heterocycles. The molecule has 4 aliphatic carbocycles. The van der Waals surface area contributed by atoms with Gasteiger partial charge in [-0.25, -0.2) is 0 Å². The van der Waals surface area contributed by atoms with Crippen LogP contribution in [0, 0.1) is 17.8 Å². The number of rotatable bonds is 7. The summed E-state index contributed by atoms with van der Waals surface area (Å²) in [5, 5.41) is 0.181. The van der Waals surface area contributed by atoms with E-state index in [9.17, 15) is 0 Å². The Morgan fingerprint density at radius 1 is 0.652 bits per heavy atom. The molecule has 4 saturated carbocycles. The Kier molecular flexibility index (Phi) is 5.01. The molecular formula is C19H36O3Si. The van der Waals surface area contributed by atoms with Crippen molar-refractivity contribution >= 4 is 8.80 Å². The smallest absolute Gasteiger partial charge is 0.371 e. The van der Waals surface area contributed by atoms with Gasteiger partial charge in [-0.2, -0.15) is 0 Å². The molecule has 0 aromatic rings. The summed E-state index contributed by atoms with van der Waals surface area (Å²) in [4.78, 5) is 0. The van der Waals surface area contributed by atoms with Gasteiger partial charge in [-0.05, 0) is 97.8 Å². The van der Waals surface area contributed by atoms with Crippen LogP contribution in [0.4, 0.5) is 0 Å². The van der Waals surface area contributed by atoms with E-state index in [2.05, 4.69) is 41.5 Å². The average Bonchev–Trinajstić information content (AvgIpc) is 2.33. The molecule has 0 atom stereocenters. The molecule has 4 bridgehead atoms. The molecule has 23 heavy (non-hydrogen) atoms. The molecule has 3 nitrogen and oxygen atoms in total. The molecule has 0 amide bonds. The molecule has 4 aliphatic rings. The molecule has 0 heterocycles. The van der Waals surface area contributed by atoms with Crippen LogP contribution in [0.5, 0.6) is 0 Å². The Hall–Kier alpha value is 0.0969. The predicted molar refractivity (Wildman–Crippen MR) is 95.3 cm³/mol. The highest BCUT2D eigenvalue weighted by molar-refractivity contribution is 6.64. The average molecular weight is 341 g/mol. The zero-order valence-corrected chi connectivity index (χ0v) is 16.9. The van der Waals surface area contributed by atoms with Crippen LogP contribution < -0.4 is 0 Å². The first-order chi connectivity index (χ1) is 10.7. The van der Waals surface area contributed by atoms with Crippen molar-refractivity contribution < 1.29 is 13.3 Å². The highest BCUT2D eigenvalue weighted by Crippen LogP contribution is 2.68. The van der Waals surface area contributed by atoms with Crippen LogP contribution in [0.3, 0.4) is 0 Å². The first kappa shape index (κ1) is 17.9. The van der Waals surface area contributed by atoms with Crippen molar-refractivity contribution in [3.63, 3.8) is 0 Å². The summed E-state index contributed by atoms with van der Waals surface area (Å²) in [6, 6.07) is 0. The molecule has 0 aliphatic heterocycles. The van der Waals surface area contributed by atoms with Crippen LogP contribution in [0.15, 0.2) is 0 Å². The second-order valence-corrected chi connectivity index (χ2v) is 12.1. The van der Waals surface area contributed by atoms with Crippen molar-refractivity contribution in [2.45, 2.75) is 103 Å². The summed E-state index contributed by atoms with van der Waals surface area (Å²) < 4.78 is 19.9. The van der Waals surface area contributed by atoms with Gasteiger partial charge in [-0.15, -0.1) is 0 Å². The van der Waals surface area contributed by atoms with E-state index in [4.69, 9.17) is 13.3 Å².